The van der Waals surface area contributed by atoms with E-state index in [4.69, 9.17) is 0 Å². The Bertz CT molecular complexity index is 1210. The predicted octanol–water partition coefficient (Wildman–Crippen LogP) is 3.84. The highest BCUT2D eigenvalue weighted by Crippen LogP contribution is 2.24. The van der Waals surface area contributed by atoms with Gasteiger partial charge in [0.1, 0.15) is 0 Å². The van der Waals surface area contributed by atoms with Crippen molar-refractivity contribution < 1.29 is 18.0 Å². The van der Waals surface area contributed by atoms with Gasteiger partial charge >= 0.3 is 0 Å². The van der Waals surface area contributed by atoms with E-state index < -0.39 is 15.9 Å². The summed E-state index contributed by atoms with van der Waals surface area (Å²) in [5.74, 6) is -0.665. The Kier molecular flexibility index (Phi) is 6.29. The second kappa shape index (κ2) is 9.13. The number of amides is 2. The van der Waals surface area contributed by atoms with Crippen molar-refractivity contribution >= 4 is 44.5 Å². The summed E-state index contributed by atoms with van der Waals surface area (Å²) in [7, 11) is -3.69. The number of hydrogen-bond donors (Lipinski definition) is 2. The number of carbonyl (C=O) groups is 2. The molecular weight excluding hydrogens is 446 g/mol. The topological polar surface area (TPSA) is 95.6 Å². The number of benzene rings is 2. The molecule has 32 heavy (non-hydrogen) atoms. The smallest absolute Gasteiger partial charge is 0.261 e. The van der Waals surface area contributed by atoms with Crippen LogP contribution in [0.3, 0.4) is 0 Å². The number of anilines is 2. The highest BCUT2D eigenvalue weighted by molar-refractivity contribution is 7.92. The van der Waals surface area contributed by atoms with Crippen molar-refractivity contribution in [3.05, 3.63) is 76.5 Å². The summed E-state index contributed by atoms with van der Waals surface area (Å²) >= 11 is 1.59. The monoisotopic (exact) mass is 469 g/mol. The molecule has 0 spiro atoms. The Morgan fingerprint density at radius 2 is 1.75 bits per heavy atom. The quantitative estimate of drug-likeness (QED) is 0.550. The van der Waals surface area contributed by atoms with Crippen molar-refractivity contribution in [1.82, 2.24) is 4.90 Å². The fourth-order valence-electron chi connectivity index (χ4n) is 3.49. The van der Waals surface area contributed by atoms with Crippen molar-refractivity contribution in [2.75, 3.05) is 16.6 Å². The molecule has 1 atom stereocenters. The minimum absolute atomic E-state index is 0.0283. The number of thiophene rings is 1. The zero-order valence-electron chi connectivity index (χ0n) is 17.4. The van der Waals surface area contributed by atoms with Crippen LogP contribution in [0.2, 0.25) is 0 Å². The van der Waals surface area contributed by atoms with Crippen LogP contribution in [-0.2, 0) is 26.2 Å². The molecule has 0 aliphatic carbocycles. The van der Waals surface area contributed by atoms with E-state index in [1.165, 1.54) is 0 Å². The van der Waals surface area contributed by atoms with E-state index in [0.29, 0.717) is 24.5 Å². The summed E-state index contributed by atoms with van der Waals surface area (Å²) in [4.78, 5) is 27.9. The fourth-order valence-corrected chi connectivity index (χ4v) is 5.27. The summed E-state index contributed by atoms with van der Waals surface area (Å²) < 4.78 is 27.5. The van der Waals surface area contributed by atoms with Gasteiger partial charge in [-0.1, -0.05) is 23.8 Å². The third-order valence-corrected chi connectivity index (χ3v) is 7.51. The van der Waals surface area contributed by atoms with Gasteiger partial charge in [0.05, 0.1) is 17.4 Å². The number of rotatable bonds is 7. The number of hydrogen-bond acceptors (Lipinski definition) is 5. The molecule has 4 rings (SSSR count). The third-order valence-electron chi connectivity index (χ3n) is 5.25. The molecule has 1 fully saturated rings. The number of nitrogens with one attached hydrogen (secondary N) is 2. The lowest BCUT2D eigenvalue weighted by Gasteiger charge is -2.15. The zero-order chi connectivity index (χ0) is 22.7. The molecule has 1 unspecified atom stereocenters. The highest BCUT2D eigenvalue weighted by Gasteiger charge is 2.34. The molecule has 166 valence electrons. The Hall–Kier alpha value is -3.17. The first kappa shape index (κ1) is 22.0. The second-order valence-electron chi connectivity index (χ2n) is 7.74. The summed E-state index contributed by atoms with van der Waals surface area (Å²) in [6.45, 7) is 2.80. The van der Waals surface area contributed by atoms with Crippen molar-refractivity contribution in [3.8, 4) is 0 Å². The van der Waals surface area contributed by atoms with Crippen molar-refractivity contribution in [3.63, 3.8) is 0 Å². The standard InChI is InChI=1S/C23H23N3O4S2/c1-16-4-10-21(11-5-16)32(29,30)25-19-8-6-18(7-9-19)24-23(28)17-13-22(27)26(14-17)15-20-3-2-12-31-20/h2-12,17,25H,13-15H2,1H3,(H,24,28). The van der Waals surface area contributed by atoms with Gasteiger partial charge in [0, 0.05) is 29.2 Å². The Labute approximate surface area is 191 Å². The van der Waals surface area contributed by atoms with Crippen molar-refractivity contribution in [1.29, 1.82) is 0 Å². The third kappa shape index (κ3) is 5.17. The molecular formula is C23H23N3O4S2. The van der Waals surface area contributed by atoms with E-state index in [0.717, 1.165) is 10.4 Å². The van der Waals surface area contributed by atoms with Crippen LogP contribution in [0.5, 0.6) is 0 Å². The Balaban J connectivity index is 1.35. The van der Waals surface area contributed by atoms with Gasteiger partial charge in [-0.2, -0.15) is 0 Å². The first-order valence-corrected chi connectivity index (χ1v) is 12.5. The van der Waals surface area contributed by atoms with Gasteiger partial charge < -0.3 is 10.2 Å². The lowest BCUT2D eigenvalue weighted by molar-refractivity contribution is -0.128. The molecule has 0 bridgehead atoms. The van der Waals surface area contributed by atoms with E-state index in [2.05, 4.69) is 10.0 Å². The average Bonchev–Trinajstić information content (AvgIpc) is 3.40. The van der Waals surface area contributed by atoms with Crippen LogP contribution >= 0.6 is 11.3 Å². The van der Waals surface area contributed by atoms with Crippen LogP contribution < -0.4 is 10.0 Å². The van der Waals surface area contributed by atoms with E-state index in [1.807, 2.05) is 24.4 Å². The van der Waals surface area contributed by atoms with E-state index in [1.54, 1.807) is 64.8 Å². The number of aryl methyl sites for hydroxylation is 1. The number of nitrogens with zero attached hydrogens (tertiary/aromatic N) is 1. The maximum absolute atomic E-state index is 12.6. The maximum atomic E-state index is 12.6. The molecule has 0 radical (unpaired) electrons. The van der Waals surface area contributed by atoms with Crippen molar-refractivity contribution in [2.45, 2.75) is 24.8 Å². The first-order chi connectivity index (χ1) is 15.3. The van der Waals surface area contributed by atoms with Gasteiger partial charge in [0.2, 0.25) is 11.8 Å². The van der Waals surface area contributed by atoms with Crippen LogP contribution in [0.25, 0.3) is 0 Å². The molecule has 1 aliphatic heterocycles. The summed E-state index contributed by atoms with van der Waals surface area (Å²) in [5, 5.41) is 4.78. The highest BCUT2D eigenvalue weighted by atomic mass is 32.2. The minimum Gasteiger partial charge on any atom is -0.337 e. The Morgan fingerprint density at radius 3 is 2.41 bits per heavy atom. The zero-order valence-corrected chi connectivity index (χ0v) is 19.1. The molecule has 3 aromatic rings. The van der Waals surface area contributed by atoms with Gasteiger partial charge in [0.15, 0.2) is 0 Å². The maximum Gasteiger partial charge on any atom is 0.261 e. The SMILES string of the molecule is Cc1ccc(S(=O)(=O)Nc2ccc(NC(=O)C3CC(=O)N(Cc4cccs4)C3)cc2)cc1. The van der Waals surface area contributed by atoms with Crippen LogP contribution in [0, 0.1) is 12.8 Å². The fraction of sp³-hybridized carbons (Fsp3) is 0.217. The van der Waals surface area contributed by atoms with Gasteiger partial charge in [-0.05, 0) is 54.8 Å². The van der Waals surface area contributed by atoms with Crippen LogP contribution in [0.15, 0.2) is 70.9 Å². The molecule has 2 aromatic carbocycles. The minimum atomic E-state index is -3.69. The summed E-state index contributed by atoms with van der Waals surface area (Å²) in [6.07, 6.45) is 0.186. The lowest BCUT2D eigenvalue weighted by Crippen LogP contribution is -2.27. The van der Waals surface area contributed by atoms with E-state index in [9.17, 15) is 18.0 Å². The summed E-state index contributed by atoms with van der Waals surface area (Å²) in [6, 6.07) is 16.9. The second-order valence-corrected chi connectivity index (χ2v) is 10.5. The van der Waals surface area contributed by atoms with Crippen LogP contribution in [-0.4, -0.2) is 31.7 Å². The first-order valence-electron chi connectivity index (χ1n) is 10.1. The average molecular weight is 470 g/mol. The molecule has 7 nitrogen and oxygen atoms in total. The van der Waals surface area contributed by atoms with Crippen LogP contribution in [0.4, 0.5) is 11.4 Å². The van der Waals surface area contributed by atoms with Gasteiger partial charge in [-0.15, -0.1) is 11.3 Å². The number of likely N-dealkylation sites (tertiary alicyclic amines) is 1. The molecule has 9 heteroatoms. The predicted molar refractivity (Wildman–Crippen MR) is 125 cm³/mol. The summed E-state index contributed by atoms with van der Waals surface area (Å²) in [5.41, 5.74) is 1.90. The Morgan fingerprint density at radius 1 is 1.06 bits per heavy atom. The van der Waals surface area contributed by atoms with Gasteiger partial charge in [-0.3, -0.25) is 14.3 Å². The number of sulfonamides is 1. The van der Waals surface area contributed by atoms with Crippen molar-refractivity contribution in [2.24, 2.45) is 5.92 Å². The van der Waals surface area contributed by atoms with E-state index in [-0.39, 0.29) is 23.1 Å². The van der Waals surface area contributed by atoms with Gasteiger partial charge in [0.25, 0.3) is 10.0 Å². The normalized spacial score (nSPS) is 16.2. The molecule has 0 saturated carbocycles. The van der Waals surface area contributed by atoms with E-state index >= 15 is 0 Å². The molecule has 1 saturated heterocycles. The number of carbonyl (C=O) groups excluding carboxylic acids is 2. The largest absolute Gasteiger partial charge is 0.337 e. The van der Waals surface area contributed by atoms with Crippen LogP contribution in [0.1, 0.15) is 16.9 Å². The molecule has 2 heterocycles. The molecule has 1 aliphatic rings. The van der Waals surface area contributed by atoms with Gasteiger partial charge in [-0.25, -0.2) is 8.42 Å². The molecule has 2 amide bonds. The molecule has 2 N–H and O–H groups in total. The lowest BCUT2D eigenvalue weighted by atomic mass is 10.1. The molecule has 1 aromatic heterocycles.